The summed E-state index contributed by atoms with van der Waals surface area (Å²) in [6.07, 6.45) is 0.848. The molecule has 0 saturated heterocycles. The van der Waals surface area contributed by atoms with Gasteiger partial charge in [-0.05, 0) is 24.6 Å². The van der Waals surface area contributed by atoms with Gasteiger partial charge in [0.1, 0.15) is 11.5 Å². The van der Waals surface area contributed by atoms with Crippen molar-refractivity contribution in [3.8, 4) is 11.5 Å². The molecule has 1 rings (SSSR count). The lowest BCUT2D eigenvalue weighted by Gasteiger charge is -2.15. The van der Waals surface area contributed by atoms with Crippen LogP contribution < -0.4 is 10.1 Å². The van der Waals surface area contributed by atoms with Crippen LogP contribution in [0.15, 0.2) is 18.2 Å². The third-order valence-corrected chi connectivity index (χ3v) is 2.58. The Morgan fingerprint density at radius 3 is 2.75 bits per heavy atom. The van der Waals surface area contributed by atoms with Crippen molar-refractivity contribution in [2.24, 2.45) is 0 Å². The number of nitrogens with one attached hydrogen (secondary N) is 1. The Morgan fingerprint density at radius 2 is 2.19 bits per heavy atom. The third-order valence-electron chi connectivity index (χ3n) is 2.58. The quantitative estimate of drug-likeness (QED) is 0.682. The maximum absolute atomic E-state index is 9.63. The molecular weight excluding hydrogens is 206 g/mol. The highest BCUT2D eigenvalue weighted by Crippen LogP contribution is 2.22. The van der Waals surface area contributed by atoms with Gasteiger partial charge in [0.25, 0.3) is 0 Å². The first kappa shape index (κ1) is 12.8. The Labute approximate surface area is 95.9 Å². The normalized spacial score (nSPS) is 12.4. The molecule has 90 valence electrons. The number of benzene rings is 1. The maximum atomic E-state index is 9.63. The minimum absolute atomic E-state index is 0.0607. The summed E-state index contributed by atoms with van der Waals surface area (Å²) in [5.74, 6) is 0.952. The molecular formula is C12H19NO3. The summed E-state index contributed by atoms with van der Waals surface area (Å²) in [6, 6.07) is 5.16. The number of aliphatic hydroxyl groups excluding tert-OH is 1. The highest BCUT2D eigenvalue weighted by molar-refractivity contribution is 5.39. The lowest BCUT2D eigenvalue weighted by Crippen LogP contribution is -2.31. The van der Waals surface area contributed by atoms with Crippen molar-refractivity contribution in [2.45, 2.75) is 25.9 Å². The van der Waals surface area contributed by atoms with Crippen molar-refractivity contribution in [2.75, 3.05) is 13.7 Å². The van der Waals surface area contributed by atoms with Crippen molar-refractivity contribution in [3.63, 3.8) is 0 Å². The van der Waals surface area contributed by atoms with Gasteiger partial charge in [-0.2, -0.15) is 0 Å². The van der Waals surface area contributed by atoms with Crippen LogP contribution in [0.1, 0.15) is 18.9 Å². The SMILES string of the molecule is CC[C@@H](CO)NCc1cc(OC)ccc1O. The first-order valence-electron chi connectivity index (χ1n) is 5.41. The van der Waals surface area contributed by atoms with Gasteiger partial charge < -0.3 is 20.3 Å². The number of aromatic hydroxyl groups is 1. The van der Waals surface area contributed by atoms with Gasteiger partial charge >= 0.3 is 0 Å². The molecule has 0 spiro atoms. The summed E-state index contributed by atoms with van der Waals surface area (Å²) in [7, 11) is 1.59. The number of ether oxygens (including phenoxy) is 1. The van der Waals surface area contributed by atoms with E-state index in [0.717, 1.165) is 12.0 Å². The summed E-state index contributed by atoms with van der Waals surface area (Å²) < 4.78 is 5.08. The topological polar surface area (TPSA) is 61.7 Å². The van der Waals surface area contributed by atoms with Gasteiger partial charge in [-0.3, -0.25) is 0 Å². The van der Waals surface area contributed by atoms with Crippen molar-refractivity contribution < 1.29 is 14.9 Å². The van der Waals surface area contributed by atoms with Crippen LogP contribution in [0.5, 0.6) is 11.5 Å². The van der Waals surface area contributed by atoms with Crippen molar-refractivity contribution in [1.82, 2.24) is 5.32 Å². The number of aliphatic hydroxyl groups is 1. The van der Waals surface area contributed by atoms with E-state index in [2.05, 4.69) is 5.32 Å². The summed E-state index contributed by atoms with van der Waals surface area (Å²) in [5, 5.41) is 21.8. The predicted octanol–water partition coefficient (Wildman–Crippen LogP) is 1.26. The molecule has 0 fully saturated rings. The van der Waals surface area contributed by atoms with E-state index in [-0.39, 0.29) is 18.4 Å². The van der Waals surface area contributed by atoms with E-state index in [0.29, 0.717) is 12.3 Å². The monoisotopic (exact) mass is 225 g/mol. The number of rotatable bonds is 6. The largest absolute Gasteiger partial charge is 0.508 e. The molecule has 0 aliphatic heterocycles. The minimum Gasteiger partial charge on any atom is -0.508 e. The molecule has 0 radical (unpaired) electrons. The second-order valence-corrected chi connectivity index (χ2v) is 3.66. The molecule has 0 heterocycles. The summed E-state index contributed by atoms with van der Waals surface area (Å²) in [6.45, 7) is 2.61. The van der Waals surface area contributed by atoms with Crippen LogP contribution in [-0.4, -0.2) is 30.0 Å². The van der Waals surface area contributed by atoms with Crippen LogP contribution in [0.2, 0.25) is 0 Å². The molecule has 1 atom stereocenters. The highest BCUT2D eigenvalue weighted by Gasteiger charge is 2.07. The summed E-state index contributed by atoms with van der Waals surface area (Å²) in [4.78, 5) is 0. The molecule has 0 aliphatic rings. The Balaban J connectivity index is 2.65. The zero-order valence-electron chi connectivity index (χ0n) is 9.73. The van der Waals surface area contributed by atoms with Crippen LogP contribution in [-0.2, 0) is 6.54 Å². The Kier molecular flexibility index (Phi) is 5.08. The smallest absolute Gasteiger partial charge is 0.120 e. The van der Waals surface area contributed by atoms with Gasteiger partial charge in [-0.15, -0.1) is 0 Å². The van der Waals surface area contributed by atoms with E-state index in [1.165, 1.54) is 0 Å². The molecule has 3 N–H and O–H groups in total. The van der Waals surface area contributed by atoms with E-state index in [9.17, 15) is 5.11 Å². The fourth-order valence-electron chi connectivity index (χ4n) is 1.42. The van der Waals surface area contributed by atoms with Gasteiger partial charge in [-0.25, -0.2) is 0 Å². The third kappa shape index (κ3) is 3.40. The van der Waals surface area contributed by atoms with Crippen molar-refractivity contribution in [1.29, 1.82) is 0 Å². The molecule has 16 heavy (non-hydrogen) atoms. The molecule has 1 aromatic carbocycles. The Hall–Kier alpha value is -1.26. The Bertz CT molecular complexity index is 324. The molecule has 0 unspecified atom stereocenters. The molecule has 4 heteroatoms. The standard InChI is InChI=1S/C12H19NO3/c1-3-10(8-14)13-7-9-6-11(16-2)4-5-12(9)15/h4-6,10,13-15H,3,7-8H2,1-2H3/t10-/m0/s1. The van der Waals surface area contributed by atoms with Crippen LogP contribution in [0.25, 0.3) is 0 Å². The summed E-state index contributed by atoms with van der Waals surface area (Å²) in [5.41, 5.74) is 0.770. The van der Waals surface area contributed by atoms with E-state index < -0.39 is 0 Å². The number of hydrogen-bond donors (Lipinski definition) is 3. The van der Waals surface area contributed by atoms with Crippen LogP contribution in [0.3, 0.4) is 0 Å². The first-order valence-corrected chi connectivity index (χ1v) is 5.41. The lowest BCUT2D eigenvalue weighted by molar-refractivity contribution is 0.238. The number of phenols is 1. The molecule has 4 nitrogen and oxygen atoms in total. The zero-order chi connectivity index (χ0) is 12.0. The average Bonchev–Trinajstić information content (AvgIpc) is 2.32. The predicted molar refractivity (Wildman–Crippen MR) is 62.7 cm³/mol. The molecule has 1 aromatic rings. The van der Waals surface area contributed by atoms with Crippen LogP contribution in [0, 0.1) is 0 Å². The van der Waals surface area contributed by atoms with E-state index in [1.807, 2.05) is 6.92 Å². The number of phenolic OH excluding ortho intramolecular Hbond substituents is 1. The van der Waals surface area contributed by atoms with Gasteiger partial charge in [0, 0.05) is 18.2 Å². The van der Waals surface area contributed by atoms with Crippen molar-refractivity contribution >= 4 is 0 Å². The Morgan fingerprint density at radius 1 is 1.44 bits per heavy atom. The van der Waals surface area contributed by atoms with E-state index in [1.54, 1.807) is 25.3 Å². The maximum Gasteiger partial charge on any atom is 0.120 e. The van der Waals surface area contributed by atoms with Crippen LogP contribution >= 0.6 is 0 Å². The van der Waals surface area contributed by atoms with Gasteiger partial charge in [0.05, 0.1) is 13.7 Å². The zero-order valence-corrected chi connectivity index (χ0v) is 9.73. The van der Waals surface area contributed by atoms with Crippen LogP contribution in [0.4, 0.5) is 0 Å². The number of methoxy groups -OCH3 is 1. The van der Waals surface area contributed by atoms with Crippen molar-refractivity contribution in [3.05, 3.63) is 23.8 Å². The minimum atomic E-state index is 0.0607. The molecule has 0 amide bonds. The fraction of sp³-hybridized carbons (Fsp3) is 0.500. The average molecular weight is 225 g/mol. The molecule has 0 bridgehead atoms. The second-order valence-electron chi connectivity index (χ2n) is 3.66. The van der Waals surface area contributed by atoms with E-state index >= 15 is 0 Å². The molecule has 0 aromatic heterocycles. The molecule has 0 saturated carbocycles. The number of hydrogen-bond acceptors (Lipinski definition) is 4. The lowest BCUT2D eigenvalue weighted by atomic mass is 10.1. The summed E-state index contributed by atoms with van der Waals surface area (Å²) >= 11 is 0. The van der Waals surface area contributed by atoms with Gasteiger partial charge in [-0.1, -0.05) is 6.92 Å². The van der Waals surface area contributed by atoms with Gasteiger partial charge in [0.15, 0.2) is 0 Å². The molecule has 0 aliphatic carbocycles. The van der Waals surface area contributed by atoms with E-state index in [4.69, 9.17) is 9.84 Å². The fourth-order valence-corrected chi connectivity index (χ4v) is 1.42. The van der Waals surface area contributed by atoms with Gasteiger partial charge in [0.2, 0.25) is 0 Å². The second kappa shape index (κ2) is 6.35. The first-order chi connectivity index (χ1) is 7.71. The highest BCUT2D eigenvalue weighted by atomic mass is 16.5.